The van der Waals surface area contributed by atoms with Crippen LogP contribution in [0.15, 0.2) is 12.4 Å². The molecule has 1 heterocycles. The zero-order valence-electron chi connectivity index (χ0n) is 9.44. The molecule has 1 aromatic rings. The summed E-state index contributed by atoms with van der Waals surface area (Å²) in [5.41, 5.74) is 1.29. The Kier molecular flexibility index (Phi) is 4.61. The average Bonchev–Trinajstić information content (AvgIpc) is 2.77. The van der Waals surface area contributed by atoms with E-state index in [0.717, 1.165) is 18.5 Å². The van der Waals surface area contributed by atoms with Gasteiger partial charge in [0, 0.05) is 31.4 Å². The quantitative estimate of drug-likeness (QED) is 0.839. The summed E-state index contributed by atoms with van der Waals surface area (Å²) in [6.45, 7) is 3.23. The van der Waals surface area contributed by atoms with E-state index in [1.54, 1.807) is 0 Å². The molecule has 2 atom stereocenters. The maximum atomic E-state index is 4.15. The van der Waals surface area contributed by atoms with Crippen molar-refractivity contribution in [1.29, 1.82) is 0 Å². The van der Waals surface area contributed by atoms with E-state index in [-0.39, 0.29) is 12.4 Å². The van der Waals surface area contributed by atoms with Crippen LogP contribution < -0.4 is 5.32 Å². The minimum Gasteiger partial charge on any atom is -0.310 e. The van der Waals surface area contributed by atoms with Gasteiger partial charge in [0.1, 0.15) is 0 Å². The number of rotatable bonds is 5. The third-order valence-corrected chi connectivity index (χ3v) is 2.91. The molecule has 0 bridgehead atoms. The maximum absolute atomic E-state index is 4.15. The molecule has 0 radical (unpaired) electrons. The monoisotopic (exact) mass is 229 g/mol. The van der Waals surface area contributed by atoms with Crippen LogP contribution in [0.5, 0.6) is 0 Å². The van der Waals surface area contributed by atoms with Crippen molar-refractivity contribution in [3.8, 4) is 0 Å². The molecule has 0 saturated heterocycles. The lowest BCUT2D eigenvalue weighted by molar-refractivity contribution is 0.599. The molecule has 2 unspecified atom stereocenters. The summed E-state index contributed by atoms with van der Waals surface area (Å²) >= 11 is 0. The molecule has 86 valence electrons. The molecule has 4 heteroatoms. The lowest BCUT2D eigenvalue weighted by atomic mass is 10.2. The molecule has 0 spiro atoms. The average molecular weight is 230 g/mol. The second-order valence-corrected chi connectivity index (χ2v) is 4.29. The summed E-state index contributed by atoms with van der Waals surface area (Å²) < 4.78 is 1.85. The Bertz CT molecular complexity index is 298. The molecule has 15 heavy (non-hydrogen) atoms. The molecular weight excluding hydrogens is 210 g/mol. The van der Waals surface area contributed by atoms with E-state index in [9.17, 15) is 0 Å². The zero-order valence-corrected chi connectivity index (χ0v) is 10.3. The smallest absolute Gasteiger partial charge is 0.0534 e. The van der Waals surface area contributed by atoms with Gasteiger partial charge in [-0.3, -0.25) is 4.68 Å². The van der Waals surface area contributed by atoms with Gasteiger partial charge in [-0.2, -0.15) is 5.10 Å². The molecule has 0 aromatic carbocycles. The van der Waals surface area contributed by atoms with Gasteiger partial charge in [0.25, 0.3) is 0 Å². The Balaban J connectivity index is 0.00000112. The first-order valence-electron chi connectivity index (χ1n) is 5.50. The first-order valence-corrected chi connectivity index (χ1v) is 5.50. The summed E-state index contributed by atoms with van der Waals surface area (Å²) in [6.07, 6.45) is 8.07. The van der Waals surface area contributed by atoms with Gasteiger partial charge in [0.15, 0.2) is 0 Å². The van der Waals surface area contributed by atoms with Crippen LogP contribution in [0.3, 0.4) is 0 Å². The fourth-order valence-corrected chi connectivity index (χ4v) is 2.00. The fourth-order valence-electron chi connectivity index (χ4n) is 2.00. The Morgan fingerprint density at radius 3 is 3.00 bits per heavy atom. The summed E-state index contributed by atoms with van der Waals surface area (Å²) in [4.78, 5) is 0. The van der Waals surface area contributed by atoms with E-state index in [4.69, 9.17) is 0 Å². The van der Waals surface area contributed by atoms with Crippen LogP contribution >= 0.6 is 12.4 Å². The third-order valence-electron chi connectivity index (χ3n) is 2.91. The minimum atomic E-state index is 0. The SMILES string of the molecule is CCCC1CC1NCc1cnn(C)c1.Cl. The number of halogens is 1. The van der Waals surface area contributed by atoms with Crippen LogP contribution in [0.4, 0.5) is 0 Å². The minimum absolute atomic E-state index is 0. The van der Waals surface area contributed by atoms with Gasteiger partial charge in [0.2, 0.25) is 0 Å². The zero-order chi connectivity index (χ0) is 9.97. The van der Waals surface area contributed by atoms with E-state index in [0.29, 0.717) is 0 Å². The van der Waals surface area contributed by atoms with Gasteiger partial charge in [-0.1, -0.05) is 13.3 Å². The fraction of sp³-hybridized carbons (Fsp3) is 0.727. The normalized spacial score (nSPS) is 23.6. The lowest BCUT2D eigenvalue weighted by Gasteiger charge is -2.00. The van der Waals surface area contributed by atoms with Gasteiger partial charge in [0.05, 0.1) is 6.20 Å². The van der Waals surface area contributed by atoms with Crippen molar-refractivity contribution < 1.29 is 0 Å². The molecule has 3 nitrogen and oxygen atoms in total. The van der Waals surface area contributed by atoms with Crippen molar-refractivity contribution in [3.63, 3.8) is 0 Å². The van der Waals surface area contributed by atoms with Crippen LogP contribution in [-0.4, -0.2) is 15.8 Å². The highest BCUT2D eigenvalue weighted by Gasteiger charge is 2.35. The topological polar surface area (TPSA) is 29.9 Å². The molecule has 0 aliphatic heterocycles. The molecule has 1 aliphatic carbocycles. The Labute approximate surface area is 97.7 Å². The van der Waals surface area contributed by atoms with Crippen LogP contribution in [0.25, 0.3) is 0 Å². The standard InChI is InChI=1S/C11H19N3.ClH/c1-3-4-10-5-11(10)12-6-9-7-13-14(2)8-9;/h7-8,10-12H,3-6H2,1-2H3;1H. The second-order valence-electron chi connectivity index (χ2n) is 4.29. The molecule has 1 aliphatic rings. The van der Waals surface area contributed by atoms with Crippen LogP contribution in [0.1, 0.15) is 31.7 Å². The van der Waals surface area contributed by atoms with Gasteiger partial charge >= 0.3 is 0 Å². The van der Waals surface area contributed by atoms with Crippen LogP contribution in [0, 0.1) is 5.92 Å². The number of hydrogen-bond acceptors (Lipinski definition) is 2. The number of aromatic nitrogens is 2. The summed E-state index contributed by atoms with van der Waals surface area (Å²) in [6, 6.07) is 0.773. The molecule has 1 fully saturated rings. The highest BCUT2D eigenvalue weighted by molar-refractivity contribution is 5.85. The van der Waals surface area contributed by atoms with E-state index < -0.39 is 0 Å². The number of aryl methyl sites for hydroxylation is 1. The molecule has 1 saturated carbocycles. The van der Waals surface area contributed by atoms with E-state index in [1.807, 2.05) is 17.9 Å². The van der Waals surface area contributed by atoms with Crippen molar-refractivity contribution >= 4 is 12.4 Å². The molecule has 0 amide bonds. The van der Waals surface area contributed by atoms with Gasteiger partial charge in [-0.15, -0.1) is 12.4 Å². The largest absolute Gasteiger partial charge is 0.310 e. The Morgan fingerprint density at radius 1 is 1.60 bits per heavy atom. The summed E-state index contributed by atoms with van der Waals surface area (Å²) in [7, 11) is 1.96. The summed E-state index contributed by atoms with van der Waals surface area (Å²) in [5, 5.41) is 7.71. The first-order chi connectivity index (χ1) is 6.79. The van der Waals surface area contributed by atoms with E-state index >= 15 is 0 Å². The molecule has 1 aromatic heterocycles. The third kappa shape index (κ3) is 3.50. The predicted molar refractivity (Wildman–Crippen MR) is 64.1 cm³/mol. The van der Waals surface area contributed by atoms with Crippen molar-refractivity contribution in [2.75, 3.05) is 0 Å². The maximum Gasteiger partial charge on any atom is 0.0534 e. The van der Waals surface area contributed by atoms with Crippen molar-refractivity contribution in [2.24, 2.45) is 13.0 Å². The van der Waals surface area contributed by atoms with Gasteiger partial charge in [-0.25, -0.2) is 0 Å². The van der Waals surface area contributed by atoms with Gasteiger partial charge < -0.3 is 5.32 Å². The number of nitrogens with zero attached hydrogens (tertiary/aromatic N) is 2. The van der Waals surface area contributed by atoms with Gasteiger partial charge in [-0.05, 0) is 18.8 Å². The Hall–Kier alpha value is -0.540. The summed E-state index contributed by atoms with van der Waals surface area (Å²) in [5.74, 6) is 0.941. The number of hydrogen-bond donors (Lipinski definition) is 1. The van der Waals surface area contributed by atoms with E-state index in [1.165, 1.54) is 24.8 Å². The molecule has 2 rings (SSSR count). The Morgan fingerprint density at radius 2 is 2.40 bits per heavy atom. The first kappa shape index (κ1) is 12.5. The van der Waals surface area contributed by atoms with Crippen molar-refractivity contribution in [2.45, 2.75) is 38.8 Å². The molecular formula is C11H20ClN3. The number of nitrogens with one attached hydrogen (secondary N) is 1. The molecule has 1 N–H and O–H groups in total. The van der Waals surface area contributed by atoms with Crippen LogP contribution in [0.2, 0.25) is 0 Å². The second kappa shape index (κ2) is 5.52. The van der Waals surface area contributed by atoms with Crippen molar-refractivity contribution in [1.82, 2.24) is 15.1 Å². The highest BCUT2D eigenvalue weighted by atomic mass is 35.5. The lowest BCUT2D eigenvalue weighted by Crippen LogP contribution is -2.17. The van der Waals surface area contributed by atoms with Crippen LogP contribution in [-0.2, 0) is 13.6 Å². The predicted octanol–water partition coefficient (Wildman–Crippen LogP) is 2.12. The van der Waals surface area contributed by atoms with E-state index in [2.05, 4.69) is 23.5 Å². The van der Waals surface area contributed by atoms with Crippen molar-refractivity contribution in [3.05, 3.63) is 18.0 Å². The highest BCUT2D eigenvalue weighted by Crippen LogP contribution is 2.34.